The number of rotatable bonds is 5. The highest BCUT2D eigenvalue weighted by molar-refractivity contribution is 6.08. The lowest BCUT2D eigenvalue weighted by atomic mass is 9.93. The molecule has 1 heterocycles. The smallest absolute Gasteiger partial charge is 0.344 e. The molecule has 1 aromatic carbocycles. The summed E-state index contributed by atoms with van der Waals surface area (Å²) < 4.78 is 38.0. The number of benzene rings is 1. The van der Waals surface area contributed by atoms with Crippen molar-refractivity contribution in [1.29, 1.82) is 0 Å². The van der Waals surface area contributed by atoms with Crippen molar-refractivity contribution in [2.24, 2.45) is 0 Å². The van der Waals surface area contributed by atoms with Gasteiger partial charge in [-0.3, -0.25) is 14.5 Å². The van der Waals surface area contributed by atoms with Gasteiger partial charge in [-0.1, -0.05) is 31.8 Å². The molecule has 4 amide bonds. The van der Waals surface area contributed by atoms with Gasteiger partial charge in [0.15, 0.2) is 0 Å². The van der Waals surface area contributed by atoms with Crippen molar-refractivity contribution in [3.8, 4) is 11.8 Å². The molecule has 1 aromatic rings. The maximum Gasteiger partial charge on any atom is 0.416 e. The molecule has 0 radical (unpaired) electrons. The topological polar surface area (TPSA) is 78.5 Å². The Morgan fingerprint density at radius 1 is 1.25 bits per heavy atom. The van der Waals surface area contributed by atoms with E-state index in [-0.39, 0.29) is 12.1 Å². The Labute approximate surface area is 160 Å². The Morgan fingerprint density at radius 2 is 1.93 bits per heavy atom. The first-order valence-corrected chi connectivity index (χ1v) is 8.70. The molecule has 1 saturated heterocycles. The second-order valence-corrected chi connectivity index (χ2v) is 6.27. The molecule has 0 atom stereocenters. The van der Waals surface area contributed by atoms with E-state index in [0.29, 0.717) is 12.8 Å². The first-order valence-electron chi connectivity index (χ1n) is 8.70. The number of hydrogen-bond acceptors (Lipinski definition) is 3. The van der Waals surface area contributed by atoms with Crippen LogP contribution in [0.25, 0.3) is 0 Å². The summed E-state index contributed by atoms with van der Waals surface area (Å²) in [6, 6.07) is 3.90. The summed E-state index contributed by atoms with van der Waals surface area (Å²) in [6.45, 7) is 2.96. The first-order chi connectivity index (χ1) is 13.1. The van der Waals surface area contributed by atoms with Crippen LogP contribution in [-0.2, 0) is 15.8 Å². The molecule has 0 spiro atoms. The molecule has 1 aliphatic heterocycles. The van der Waals surface area contributed by atoms with E-state index >= 15 is 0 Å². The zero-order valence-electron chi connectivity index (χ0n) is 15.4. The van der Waals surface area contributed by atoms with Crippen LogP contribution in [0.5, 0.6) is 0 Å². The van der Waals surface area contributed by atoms with Crippen molar-refractivity contribution in [3.63, 3.8) is 0 Å². The average Bonchev–Trinajstić information content (AvgIpc) is 2.89. The molecule has 2 N–H and O–H groups in total. The number of nitrogens with one attached hydrogen (secondary N) is 2. The summed E-state index contributed by atoms with van der Waals surface area (Å²) in [4.78, 5) is 37.2. The standard InChI is InChI=1S/C19H20F3N3O3/c1-3-18(4-2)16(27)25(17(28)24-18)12-15(26)23-10-6-8-13-7-5-9-14(11-13)19(20,21)22/h5,7,9,11H,3-4,10,12H2,1-2H3,(H,23,26)(H,24,28). The number of imide groups is 1. The van der Waals surface area contributed by atoms with Crippen molar-refractivity contribution in [3.05, 3.63) is 35.4 Å². The number of alkyl halides is 3. The Hall–Kier alpha value is -3.02. The third-order valence-electron chi connectivity index (χ3n) is 4.55. The van der Waals surface area contributed by atoms with Gasteiger partial charge in [-0.2, -0.15) is 13.2 Å². The molecule has 2 rings (SSSR count). The van der Waals surface area contributed by atoms with Gasteiger partial charge < -0.3 is 10.6 Å². The SMILES string of the molecule is CCC1(CC)NC(=O)N(CC(=O)NCC#Cc2cccc(C(F)(F)F)c2)C1=O. The molecule has 0 aromatic heterocycles. The molecule has 6 nitrogen and oxygen atoms in total. The lowest BCUT2D eigenvalue weighted by Gasteiger charge is -2.22. The summed E-state index contributed by atoms with van der Waals surface area (Å²) in [7, 11) is 0. The van der Waals surface area contributed by atoms with Gasteiger partial charge in [0.05, 0.1) is 12.1 Å². The summed E-state index contributed by atoms with van der Waals surface area (Å²) in [5, 5.41) is 5.04. The fraction of sp³-hybridized carbons (Fsp3) is 0.421. The molecular formula is C19H20F3N3O3. The predicted octanol–water partition coefficient (Wildman–Crippen LogP) is 2.28. The van der Waals surface area contributed by atoms with Gasteiger partial charge in [0.1, 0.15) is 12.1 Å². The highest BCUT2D eigenvalue weighted by Gasteiger charge is 2.49. The van der Waals surface area contributed by atoms with Gasteiger partial charge >= 0.3 is 12.2 Å². The first kappa shape index (κ1) is 21.3. The third kappa shape index (κ3) is 4.63. The van der Waals surface area contributed by atoms with Gasteiger partial charge in [-0.25, -0.2) is 4.79 Å². The lowest BCUT2D eigenvalue weighted by molar-refractivity contribution is -0.137. The van der Waals surface area contributed by atoms with Crippen LogP contribution in [-0.4, -0.2) is 41.4 Å². The van der Waals surface area contributed by atoms with E-state index in [2.05, 4.69) is 22.5 Å². The normalized spacial score (nSPS) is 15.7. The van der Waals surface area contributed by atoms with Crippen molar-refractivity contribution in [2.75, 3.05) is 13.1 Å². The van der Waals surface area contributed by atoms with E-state index in [9.17, 15) is 27.6 Å². The van der Waals surface area contributed by atoms with Crippen LogP contribution in [0.4, 0.5) is 18.0 Å². The van der Waals surface area contributed by atoms with E-state index < -0.39 is 41.7 Å². The Bertz CT molecular complexity index is 836. The van der Waals surface area contributed by atoms with E-state index in [4.69, 9.17) is 0 Å². The quantitative estimate of drug-likeness (QED) is 0.593. The molecule has 150 valence electrons. The Morgan fingerprint density at radius 3 is 2.50 bits per heavy atom. The molecule has 1 fully saturated rings. The van der Waals surface area contributed by atoms with Crippen LogP contribution in [0.1, 0.15) is 37.8 Å². The summed E-state index contributed by atoms with van der Waals surface area (Å²) in [5.41, 5.74) is -1.63. The number of carbonyl (C=O) groups is 3. The highest BCUT2D eigenvalue weighted by atomic mass is 19.4. The largest absolute Gasteiger partial charge is 0.416 e. The molecule has 1 aliphatic rings. The molecular weight excluding hydrogens is 375 g/mol. The monoisotopic (exact) mass is 395 g/mol. The number of urea groups is 1. The van der Waals surface area contributed by atoms with Gasteiger partial charge in [0.2, 0.25) is 5.91 Å². The molecule has 0 bridgehead atoms. The summed E-state index contributed by atoms with van der Waals surface area (Å²) >= 11 is 0. The minimum atomic E-state index is -4.46. The highest BCUT2D eigenvalue weighted by Crippen LogP contribution is 2.29. The number of carbonyl (C=O) groups excluding carboxylic acids is 3. The second kappa shape index (κ2) is 8.33. The van der Waals surface area contributed by atoms with Crippen LogP contribution in [0, 0.1) is 11.8 Å². The van der Waals surface area contributed by atoms with Crippen LogP contribution in [0.15, 0.2) is 24.3 Å². The van der Waals surface area contributed by atoms with E-state index in [1.165, 1.54) is 12.1 Å². The van der Waals surface area contributed by atoms with Crippen LogP contribution < -0.4 is 10.6 Å². The number of hydrogen-bond donors (Lipinski definition) is 2. The zero-order chi connectivity index (χ0) is 20.9. The summed E-state index contributed by atoms with van der Waals surface area (Å²) in [5.74, 6) is 4.03. The van der Waals surface area contributed by atoms with Crippen LogP contribution in [0.3, 0.4) is 0 Å². The molecule has 0 aliphatic carbocycles. The predicted molar refractivity (Wildman–Crippen MR) is 94.9 cm³/mol. The van der Waals surface area contributed by atoms with Gasteiger partial charge in [0.25, 0.3) is 5.91 Å². The van der Waals surface area contributed by atoms with Crippen molar-refractivity contribution in [2.45, 2.75) is 38.4 Å². The average molecular weight is 395 g/mol. The van der Waals surface area contributed by atoms with E-state index in [1.807, 2.05) is 0 Å². The van der Waals surface area contributed by atoms with Gasteiger partial charge in [-0.15, -0.1) is 0 Å². The molecule has 28 heavy (non-hydrogen) atoms. The van der Waals surface area contributed by atoms with Crippen LogP contribution >= 0.6 is 0 Å². The van der Waals surface area contributed by atoms with Gasteiger partial charge in [-0.05, 0) is 31.0 Å². The minimum Gasteiger partial charge on any atom is -0.344 e. The number of amides is 4. The minimum absolute atomic E-state index is 0.134. The Kier molecular flexibility index (Phi) is 6.33. The Balaban J connectivity index is 1.92. The number of halogens is 3. The van der Waals surface area contributed by atoms with Crippen molar-refractivity contribution >= 4 is 17.8 Å². The molecule has 0 saturated carbocycles. The van der Waals surface area contributed by atoms with Gasteiger partial charge in [0, 0.05) is 5.56 Å². The maximum atomic E-state index is 12.7. The molecule has 0 unspecified atom stereocenters. The fourth-order valence-corrected chi connectivity index (χ4v) is 2.81. The zero-order valence-corrected chi connectivity index (χ0v) is 15.4. The maximum absolute atomic E-state index is 12.7. The fourth-order valence-electron chi connectivity index (χ4n) is 2.81. The van der Waals surface area contributed by atoms with Crippen LogP contribution in [0.2, 0.25) is 0 Å². The van der Waals surface area contributed by atoms with E-state index in [0.717, 1.165) is 17.0 Å². The van der Waals surface area contributed by atoms with Crippen molar-refractivity contribution in [1.82, 2.24) is 15.5 Å². The summed E-state index contributed by atoms with van der Waals surface area (Å²) in [6.07, 6.45) is -3.63. The lowest BCUT2D eigenvalue weighted by Crippen LogP contribution is -2.46. The third-order valence-corrected chi connectivity index (χ3v) is 4.55. The van der Waals surface area contributed by atoms with Crippen molar-refractivity contribution < 1.29 is 27.6 Å². The van der Waals surface area contributed by atoms with E-state index in [1.54, 1.807) is 13.8 Å². The molecule has 9 heteroatoms. The number of nitrogens with zero attached hydrogens (tertiary/aromatic N) is 1. The second-order valence-electron chi connectivity index (χ2n) is 6.27.